The molecule has 1 unspecified atom stereocenters. The Morgan fingerprint density at radius 3 is 2.40 bits per heavy atom. The quantitative estimate of drug-likeness (QED) is 0.752. The van der Waals surface area contributed by atoms with Gasteiger partial charge in [-0.05, 0) is 24.3 Å². The number of thioether (sulfide) groups is 1. The molecule has 0 radical (unpaired) electrons. The predicted octanol–water partition coefficient (Wildman–Crippen LogP) is 1.76. The van der Waals surface area contributed by atoms with Gasteiger partial charge in [0.25, 0.3) is 0 Å². The summed E-state index contributed by atoms with van der Waals surface area (Å²) in [4.78, 5) is 1.20. The first kappa shape index (κ1) is 12.4. The Morgan fingerprint density at radius 1 is 1.27 bits per heavy atom. The van der Waals surface area contributed by atoms with Gasteiger partial charge >= 0.3 is 0 Å². The number of hydrogen-bond donors (Lipinski definition) is 1. The highest BCUT2D eigenvalue weighted by Crippen LogP contribution is 2.22. The van der Waals surface area contributed by atoms with Gasteiger partial charge in [-0.15, -0.1) is 11.8 Å². The van der Waals surface area contributed by atoms with Crippen molar-refractivity contribution in [3.8, 4) is 5.75 Å². The molecule has 0 aromatic heterocycles. The molecule has 0 aliphatic heterocycles. The number of rotatable bonds is 6. The number of hydrogen-bond acceptors (Lipinski definition) is 4. The number of ether oxygens (including phenoxy) is 2. The fourth-order valence-electron chi connectivity index (χ4n) is 1.09. The second kappa shape index (κ2) is 6.71. The largest absolute Gasteiger partial charge is 0.497 e. The maximum Gasteiger partial charge on any atom is 0.118 e. The van der Waals surface area contributed by atoms with Gasteiger partial charge in [-0.1, -0.05) is 0 Å². The summed E-state index contributed by atoms with van der Waals surface area (Å²) in [5.74, 6) is 1.75. The predicted molar refractivity (Wildman–Crippen MR) is 63.6 cm³/mol. The van der Waals surface area contributed by atoms with E-state index >= 15 is 0 Å². The first-order valence-electron chi connectivity index (χ1n) is 4.80. The van der Waals surface area contributed by atoms with Crippen molar-refractivity contribution in [3.63, 3.8) is 0 Å². The molecule has 3 nitrogen and oxygen atoms in total. The molecule has 15 heavy (non-hydrogen) atoms. The minimum Gasteiger partial charge on any atom is -0.497 e. The lowest BCUT2D eigenvalue weighted by Gasteiger charge is -2.12. The van der Waals surface area contributed by atoms with Crippen molar-refractivity contribution < 1.29 is 9.47 Å². The van der Waals surface area contributed by atoms with Gasteiger partial charge in [-0.2, -0.15) is 0 Å². The molecule has 0 aliphatic rings. The molecule has 0 aliphatic carbocycles. The van der Waals surface area contributed by atoms with E-state index in [1.807, 2.05) is 24.3 Å². The summed E-state index contributed by atoms with van der Waals surface area (Å²) in [6.45, 7) is 0.555. The monoisotopic (exact) mass is 227 g/mol. The highest BCUT2D eigenvalue weighted by atomic mass is 32.2. The Labute approximate surface area is 94.9 Å². The summed E-state index contributed by atoms with van der Waals surface area (Å²) in [5, 5.41) is 0. The van der Waals surface area contributed by atoms with E-state index in [9.17, 15) is 0 Å². The third-order valence-corrected chi connectivity index (χ3v) is 3.24. The highest BCUT2D eigenvalue weighted by Gasteiger charge is 2.05. The van der Waals surface area contributed by atoms with E-state index in [4.69, 9.17) is 15.2 Å². The van der Waals surface area contributed by atoms with Crippen LogP contribution >= 0.6 is 11.8 Å². The van der Waals surface area contributed by atoms with E-state index in [-0.39, 0.29) is 6.10 Å². The van der Waals surface area contributed by atoms with Crippen molar-refractivity contribution >= 4 is 11.8 Å². The summed E-state index contributed by atoms with van der Waals surface area (Å²) in [6.07, 6.45) is 0.122. The standard InChI is InChI=1S/C11H17NO2S/c1-13-9-3-5-11(6-4-9)15-8-10(7-12)14-2/h3-6,10H,7-8,12H2,1-2H3. The average molecular weight is 227 g/mol. The molecule has 0 saturated heterocycles. The van der Waals surface area contributed by atoms with Crippen molar-refractivity contribution in [3.05, 3.63) is 24.3 Å². The lowest BCUT2D eigenvalue weighted by Crippen LogP contribution is -2.24. The zero-order chi connectivity index (χ0) is 11.1. The normalized spacial score (nSPS) is 12.5. The molecule has 1 atom stereocenters. The van der Waals surface area contributed by atoms with Crippen LogP contribution in [0.4, 0.5) is 0 Å². The molecule has 84 valence electrons. The van der Waals surface area contributed by atoms with Crippen LogP contribution in [0, 0.1) is 0 Å². The lowest BCUT2D eigenvalue weighted by molar-refractivity contribution is 0.129. The van der Waals surface area contributed by atoms with Gasteiger partial charge in [-0.25, -0.2) is 0 Å². The third kappa shape index (κ3) is 4.11. The highest BCUT2D eigenvalue weighted by molar-refractivity contribution is 7.99. The Bertz CT molecular complexity index is 272. The molecule has 0 amide bonds. The fraction of sp³-hybridized carbons (Fsp3) is 0.455. The molecule has 1 aromatic carbocycles. The Hall–Kier alpha value is -0.710. The van der Waals surface area contributed by atoms with Crippen LogP contribution < -0.4 is 10.5 Å². The summed E-state index contributed by atoms with van der Waals surface area (Å²) < 4.78 is 10.3. The van der Waals surface area contributed by atoms with E-state index in [1.54, 1.807) is 26.0 Å². The summed E-state index contributed by atoms with van der Waals surface area (Å²) in [6, 6.07) is 7.97. The van der Waals surface area contributed by atoms with Crippen LogP contribution in [0.1, 0.15) is 0 Å². The van der Waals surface area contributed by atoms with E-state index in [0.717, 1.165) is 11.5 Å². The van der Waals surface area contributed by atoms with Crippen molar-refractivity contribution in [1.82, 2.24) is 0 Å². The van der Waals surface area contributed by atoms with E-state index in [0.29, 0.717) is 6.54 Å². The number of benzene rings is 1. The average Bonchev–Trinajstić information content (AvgIpc) is 2.31. The molecule has 0 bridgehead atoms. The number of nitrogens with two attached hydrogens (primary N) is 1. The molecule has 1 rings (SSSR count). The van der Waals surface area contributed by atoms with Gasteiger partial charge < -0.3 is 15.2 Å². The first-order valence-corrected chi connectivity index (χ1v) is 5.78. The van der Waals surface area contributed by atoms with Crippen molar-refractivity contribution in [1.29, 1.82) is 0 Å². The van der Waals surface area contributed by atoms with Crippen LogP contribution in [0.25, 0.3) is 0 Å². The first-order chi connectivity index (χ1) is 7.30. The SMILES string of the molecule is COc1ccc(SCC(CN)OC)cc1. The zero-order valence-corrected chi connectivity index (χ0v) is 9.92. The van der Waals surface area contributed by atoms with Crippen molar-refractivity contribution in [2.24, 2.45) is 5.73 Å². The Kier molecular flexibility index (Phi) is 5.53. The van der Waals surface area contributed by atoms with E-state index in [2.05, 4.69) is 0 Å². The van der Waals surface area contributed by atoms with E-state index in [1.165, 1.54) is 4.90 Å². The van der Waals surface area contributed by atoms with Crippen molar-refractivity contribution in [2.45, 2.75) is 11.0 Å². The molecule has 0 fully saturated rings. The van der Waals surface area contributed by atoms with Crippen LogP contribution in [-0.4, -0.2) is 32.6 Å². The van der Waals surface area contributed by atoms with Gasteiger partial charge in [0.05, 0.1) is 13.2 Å². The van der Waals surface area contributed by atoms with Gasteiger partial charge in [-0.3, -0.25) is 0 Å². The van der Waals surface area contributed by atoms with Gasteiger partial charge in [0.2, 0.25) is 0 Å². The molecule has 0 saturated carbocycles. The van der Waals surface area contributed by atoms with Gasteiger partial charge in [0.1, 0.15) is 5.75 Å². The topological polar surface area (TPSA) is 44.5 Å². The fourth-order valence-corrected chi connectivity index (χ4v) is 2.07. The van der Waals surface area contributed by atoms with Crippen molar-refractivity contribution in [2.75, 3.05) is 26.5 Å². The summed E-state index contributed by atoms with van der Waals surface area (Å²) in [7, 11) is 3.35. The van der Waals surface area contributed by atoms with Crippen LogP contribution in [0.15, 0.2) is 29.2 Å². The van der Waals surface area contributed by atoms with Crippen LogP contribution in [0.3, 0.4) is 0 Å². The van der Waals surface area contributed by atoms with Gasteiger partial charge in [0.15, 0.2) is 0 Å². The molecule has 1 aromatic rings. The minimum atomic E-state index is 0.122. The van der Waals surface area contributed by atoms with Crippen LogP contribution in [-0.2, 0) is 4.74 Å². The molecular formula is C11H17NO2S. The molecule has 0 heterocycles. The second-order valence-electron chi connectivity index (χ2n) is 3.08. The van der Waals surface area contributed by atoms with E-state index < -0.39 is 0 Å². The Morgan fingerprint density at radius 2 is 1.93 bits per heavy atom. The molecule has 4 heteroatoms. The second-order valence-corrected chi connectivity index (χ2v) is 4.17. The lowest BCUT2D eigenvalue weighted by atomic mass is 10.3. The third-order valence-electron chi connectivity index (χ3n) is 2.09. The summed E-state index contributed by atoms with van der Waals surface area (Å²) >= 11 is 1.74. The molecule has 0 spiro atoms. The van der Waals surface area contributed by atoms with Crippen LogP contribution in [0.5, 0.6) is 5.75 Å². The smallest absolute Gasteiger partial charge is 0.118 e. The summed E-state index contributed by atoms with van der Waals surface area (Å²) in [5.41, 5.74) is 5.53. The minimum absolute atomic E-state index is 0.122. The Balaban J connectivity index is 2.43. The maximum atomic E-state index is 5.53. The number of methoxy groups -OCH3 is 2. The molecule has 2 N–H and O–H groups in total. The zero-order valence-electron chi connectivity index (χ0n) is 9.10. The molecular weight excluding hydrogens is 210 g/mol. The maximum absolute atomic E-state index is 5.53. The van der Waals surface area contributed by atoms with Crippen LogP contribution in [0.2, 0.25) is 0 Å². The van der Waals surface area contributed by atoms with Gasteiger partial charge in [0, 0.05) is 24.3 Å².